The van der Waals surface area contributed by atoms with Crippen molar-refractivity contribution in [1.29, 1.82) is 0 Å². The summed E-state index contributed by atoms with van der Waals surface area (Å²) in [5.74, 6) is -0.796. The highest BCUT2D eigenvalue weighted by molar-refractivity contribution is 9.10. The number of aromatic nitrogens is 2. The van der Waals surface area contributed by atoms with Crippen LogP contribution in [0.4, 0.5) is 4.39 Å². The Bertz CT molecular complexity index is 725. The van der Waals surface area contributed by atoms with Crippen molar-refractivity contribution in [3.8, 4) is 0 Å². The molecule has 1 heterocycles. The molecule has 2 rings (SSSR count). The molecule has 0 radical (unpaired) electrons. The van der Waals surface area contributed by atoms with E-state index in [-0.39, 0.29) is 10.6 Å². The average Bonchev–Trinajstić information content (AvgIpc) is 2.56. The van der Waals surface area contributed by atoms with Crippen LogP contribution in [0, 0.1) is 12.7 Å². The zero-order valence-electron chi connectivity index (χ0n) is 10.4. The van der Waals surface area contributed by atoms with Crippen molar-refractivity contribution in [3.63, 3.8) is 0 Å². The van der Waals surface area contributed by atoms with E-state index in [1.54, 1.807) is 14.0 Å². The molecular weight excluding hydrogens is 335 g/mol. The van der Waals surface area contributed by atoms with Crippen LogP contribution < -0.4 is 0 Å². The quantitative estimate of drug-likeness (QED) is 0.858. The van der Waals surface area contributed by atoms with Crippen molar-refractivity contribution in [1.82, 2.24) is 9.78 Å². The zero-order valence-corrected chi connectivity index (χ0v) is 12.8. The molecule has 0 aliphatic carbocycles. The Kier molecular flexibility index (Phi) is 3.78. The van der Waals surface area contributed by atoms with Crippen molar-refractivity contribution < 1.29 is 12.8 Å². The second-order valence-electron chi connectivity index (χ2n) is 4.19. The Labute approximate surface area is 119 Å². The van der Waals surface area contributed by atoms with Crippen molar-refractivity contribution in [2.75, 3.05) is 0 Å². The largest absolute Gasteiger partial charge is 0.270 e. The summed E-state index contributed by atoms with van der Waals surface area (Å²) in [7, 11) is -1.92. The predicted molar refractivity (Wildman–Crippen MR) is 72.9 cm³/mol. The fraction of sp³-hybridized carbons (Fsp3) is 0.250. The molecule has 0 aliphatic rings. The van der Waals surface area contributed by atoms with Crippen LogP contribution in [0.1, 0.15) is 11.4 Å². The molecule has 0 atom stereocenters. The molecule has 0 bridgehead atoms. The summed E-state index contributed by atoms with van der Waals surface area (Å²) < 4.78 is 39.8. The van der Waals surface area contributed by atoms with Gasteiger partial charge >= 0.3 is 0 Å². The molecule has 7 heteroatoms. The maximum Gasteiger partial charge on any atom is 0.184 e. The van der Waals surface area contributed by atoms with E-state index >= 15 is 0 Å². The third-order valence-electron chi connectivity index (χ3n) is 2.74. The van der Waals surface area contributed by atoms with E-state index in [4.69, 9.17) is 0 Å². The maximum atomic E-state index is 13.1. The number of hydrogen-bond acceptors (Lipinski definition) is 3. The van der Waals surface area contributed by atoms with Crippen molar-refractivity contribution in [2.45, 2.75) is 17.6 Å². The minimum Gasteiger partial charge on any atom is -0.270 e. The molecule has 0 saturated heterocycles. The minimum atomic E-state index is -3.60. The van der Waals surface area contributed by atoms with Gasteiger partial charge in [-0.2, -0.15) is 5.10 Å². The lowest BCUT2D eigenvalue weighted by Crippen LogP contribution is -2.09. The fourth-order valence-corrected chi connectivity index (χ4v) is 3.86. The molecule has 0 amide bonds. The number of benzene rings is 1. The number of aryl methyl sites for hydroxylation is 2. The number of hydrogen-bond donors (Lipinski definition) is 0. The summed E-state index contributed by atoms with van der Waals surface area (Å²) in [4.78, 5) is -0.0294. The summed E-state index contributed by atoms with van der Waals surface area (Å²) >= 11 is 3.32. The van der Waals surface area contributed by atoms with Crippen LogP contribution in [-0.4, -0.2) is 18.2 Å². The van der Waals surface area contributed by atoms with Gasteiger partial charge in [0, 0.05) is 7.05 Å². The molecule has 0 unspecified atom stereocenters. The predicted octanol–water partition coefficient (Wildman–Crippen LogP) is 2.60. The molecule has 2 aromatic rings. The molecule has 0 spiro atoms. The SMILES string of the molecule is Cc1nn(C)c(CS(=O)(=O)c2cccc(F)c2)c1Br. The van der Waals surface area contributed by atoms with Gasteiger partial charge in [-0.05, 0) is 41.1 Å². The molecule has 0 aliphatic heterocycles. The van der Waals surface area contributed by atoms with E-state index in [0.717, 1.165) is 6.07 Å². The van der Waals surface area contributed by atoms with Crippen LogP contribution in [-0.2, 0) is 22.6 Å². The van der Waals surface area contributed by atoms with Crippen molar-refractivity contribution in [3.05, 3.63) is 45.9 Å². The minimum absolute atomic E-state index is 0.0294. The van der Waals surface area contributed by atoms with Gasteiger partial charge in [0.15, 0.2) is 9.84 Å². The third-order valence-corrected chi connectivity index (χ3v) is 5.40. The van der Waals surface area contributed by atoms with Crippen molar-refractivity contribution in [2.24, 2.45) is 7.05 Å². The van der Waals surface area contributed by atoms with Gasteiger partial charge in [-0.25, -0.2) is 12.8 Å². The average molecular weight is 347 g/mol. The molecule has 0 fully saturated rings. The van der Waals surface area contributed by atoms with Crippen LogP contribution in [0.25, 0.3) is 0 Å². The Morgan fingerprint density at radius 1 is 1.42 bits per heavy atom. The second kappa shape index (κ2) is 5.05. The smallest absolute Gasteiger partial charge is 0.184 e. The van der Waals surface area contributed by atoms with Crippen molar-refractivity contribution >= 4 is 25.8 Å². The van der Waals surface area contributed by atoms with E-state index in [0.29, 0.717) is 15.9 Å². The fourth-order valence-electron chi connectivity index (χ4n) is 1.76. The zero-order chi connectivity index (χ0) is 14.2. The van der Waals surface area contributed by atoms with Gasteiger partial charge in [0.1, 0.15) is 5.82 Å². The number of nitrogens with zero attached hydrogens (tertiary/aromatic N) is 2. The molecule has 1 aromatic heterocycles. The molecule has 0 saturated carbocycles. The van der Waals surface area contributed by atoms with E-state index < -0.39 is 15.7 Å². The Morgan fingerprint density at radius 2 is 2.11 bits per heavy atom. The van der Waals surface area contributed by atoms with Gasteiger partial charge in [-0.15, -0.1) is 0 Å². The summed E-state index contributed by atoms with van der Waals surface area (Å²) in [6.07, 6.45) is 0. The Hall–Kier alpha value is -1.21. The highest BCUT2D eigenvalue weighted by atomic mass is 79.9. The van der Waals surface area contributed by atoms with E-state index in [2.05, 4.69) is 21.0 Å². The maximum absolute atomic E-state index is 13.1. The van der Waals surface area contributed by atoms with Gasteiger partial charge in [-0.3, -0.25) is 4.68 Å². The molecular formula is C12H12BrFN2O2S. The number of halogens is 2. The molecule has 19 heavy (non-hydrogen) atoms. The van der Waals surface area contributed by atoms with Gasteiger partial charge in [0.05, 0.1) is 26.5 Å². The molecule has 102 valence electrons. The van der Waals surface area contributed by atoms with E-state index in [1.807, 2.05) is 0 Å². The lowest BCUT2D eigenvalue weighted by molar-refractivity contribution is 0.587. The Balaban J connectivity index is 2.42. The van der Waals surface area contributed by atoms with E-state index in [1.165, 1.54) is 22.9 Å². The van der Waals surface area contributed by atoms with E-state index in [9.17, 15) is 12.8 Å². The lowest BCUT2D eigenvalue weighted by Gasteiger charge is -2.06. The first-order chi connectivity index (χ1) is 8.81. The highest BCUT2D eigenvalue weighted by Crippen LogP contribution is 2.25. The standard InChI is InChI=1S/C12H12BrFN2O2S/c1-8-12(13)11(16(2)15-8)7-19(17,18)10-5-3-4-9(14)6-10/h3-6H,7H2,1-2H3. The van der Waals surface area contributed by atoms with Crippen LogP contribution in [0.5, 0.6) is 0 Å². The summed E-state index contributed by atoms with van der Waals surface area (Å²) in [6.45, 7) is 1.78. The lowest BCUT2D eigenvalue weighted by atomic mass is 10.3. The van der Waals surface area contributed by atoms with Gasteiger partial charge in [0.2, 0.25) is 0 Å². The summed E-state index contributed by atoms with van der Waals surface area (Å²) in [5, 5.41) is 4.14. The van der Waals surface area contributed by atoms with Gasteiger partial charge < -0.3 is 0 Å². The topological polar surface area (TPSA) is 52.0 Å². The van der Waals surface area contributed by atoms with Crippen LogP contribution in [0.15, 0.2) is 33.6 Å². The monoisotopic (exact) mass is 346 g/mol. The van der Waals surface area contributed by atoms with Crippen LogP contribution in [0.3, 0.4) is 0 Å². The summed E-state index contributed by atoms with van der Waals surface area (Å²) in [5.41, 5.74) is 1.26. The highest BCUT2D eigenvalue weighted by Gasteiger charge is 2.21. The molecule has 0 N–H and O–H groups in total. The first-order valence-corrected chi connectivity index (χ1v) is 7.92. The normalized spacial score (nSPS) is 11.8. The second-order valence-corrected chi connectivity index (χ2v) is 6.97. The van der Waals surface area contributed by atoms with Gasteiger partial charge in [-0.1, -0.05) is 6.07 Å². The number of rotatable bonds is 3. The van der Waals surface area contributed by atoms with Crippen LogP contribution >= 0.6 is 15.9 Å². The third kappa shape index (κ3) is 2.87. The Morgan fingerprint density at radius 3 is 2.63 bits per heavy atom. The van der Waals surface area contributed by atoms with Crippen LogP contribution in [0.2, 0.25) is 0 Å². The van der Waals surface area contributed by atoms with Gasteiger partial charge in [0.25, 0.3) is 0 Å². The molecule has 1 aromatic carbocycles. The summed E-state index contributed by atoms with van der Waals surface area (Å²) in [6, 6.07) is 5.00. The number of sulfone groups is 1. The molecule has 4 nitrogen and oxygen atoms in total. The first kappa shape index (κ1) is 14.2. The first-order valence-electron chi connectivity index (χ1n) is 5.47.